The van der Waals surface area contributed by atoms with Gasteiger partial charge in [-0.1, -0.05) is 30.3 Å². The molecule has 8 nitrogen and oxygen atoms in total. The average molecular weight is 507 g/mol. The standard InChI is InChI=1S/C25H29F3N4O4/c1-15-12-18(13-29-20(15)31-23(35)36-24(2,3)4)30-21(33)22(34)32-14-17(25(26,27)28)10-11-19(32)16-8-6-5-7-9-16/h5-9,12-13,17,19H,10-11,14H2,1-4H3,(H,30,33)(H,29,31,35). The fraction of sp³-hybridized carbons (Fsp3) is 0.440. The van der Waals surface area contributed by atoms with Crippen LogP contribution in [0.2, 0.25) is 0 Å². The van der Waals surface area contributed by atoms with Crippen LogP contribution in [0.3, 0.4) is 0 Å². The number of piperidine rings is 1. The lowest BCUT2D eigenvalue weighted by molar-refractivity contribution is -0.192. The van der Waals surface area contributed by atoms with E-state index >= 15 is 0 Å². The monoisotopic (exact) mass is 506 g/mol. The van der Waals surface area contributed by atoms with Crippen molar-refractivity contribution in [2.24, 2.45) is 5.92 Å². The van der Waals surface area contributed by atoms with E-state index in [4.69, 9.17) is 4.74 Å². The molecule has 3 rings (SSSR count). The molecule has 1 aromatic carbocycles. The Balaban J connectivity index is 1.74. The summed E-state index contributed by atoms with van der Waals surface area (Å²) in [5, 5.41) is 4.90. The fourth-order valence-corrected chi connectivity index (χ4v) is 3.97. The number of alkyl halides is 3. The Hall–Kier alpha value is -3.63. The molecule has 2 atom stereocenters. The van der Waals surface area contributed by atoms with Crippen LogP contribution in [0.4, 0.5) is 29.5 Å². The second-order valence-electron chi connectivity index (χ2n) is 9.67. The fourth-order valence-electron chi connectivity index (χ4n) is 3.97. The third-order valence-electron chi connectivity index (χ3n) is 5.64. The molecule has 0 bridgehead atoms. The number of nitrogens with one attached hydrogen (secondary N) is 2. The van der Waals surface area contributed by atoms with Gasteiger partial charge in [0.05, 0.1) is 23.8 Å². The van der Waals surface area contributed by atoms with Crippen LogP contribution >= 0.6 is 0 Å². The SMILES string of the molecule is Cc1cc(NC(=O)C(=O)N2CC(C(F)(F)F)CCC2c2ccccc2)cnc1NC(=O)OC(C)(C)C. The minimum absolute atomic E-state index is 0.0822. The normalized spacial score (nSPS) is 18.4. The molecule has 1 saturated heterocycles. The molecule has 2 aromatic rings. The van der Waals surface area contributed by atoms with Crippen LogP contribution in [-0.4, -0.2) is 46.1 Å². The van der Waals surface area contributed by atoms with Gasteiger partial charge in [-0.05, 0) is 57.7 Å². The van der Waals surface area contributed by atoms with Crippen LogP contribution in [0.5, 0.6) is 0 Å². The van der Waals surface area contributed by atoms with Crippen molar-refractivity contribution in [3.05, 3.63) is 53.7 Å². The highest BCUT2D eigenvalue weighted by Gasteiger charge is 2.46. The van der Waals surface area contributed by atoms with Crippen LogP contribution < -0.4 is 10.6 Å². The summed E-state index contributed by atoms with van der Waals surface area (Å²) >= 11 is 0. The topological polar surface area (TPSA) is 101 Å². The van der Waals surface area contributed by atoms with Gasteiger partial charge in [-0.15, -0.1) is 0 Å². The molecule has 0 aliphatic carbocycles. The van der Waals surface area contributed by atoms with Crippen molar-refractivity contribution >= 4 is 29.4 Å². The molecule has 0 spiro atoms. The minimum atomic E-state index is -4.48. The molecular formula is C25H29F3N4O4. The Morgan fingerprint density at radius 2 is 1.72 bits per heavy atom. The molecule has 1 aromatic heterocycles. The Labute approximate surface area is 207 Å². The number of nitrogens with zero attached hydrogens (tertiary/aromatic N) is 2. The highest BCUT2D eigenvalue weighted by atomic mass is 19.4. The van der Waals surface area contributed by atoms with Gasteiger partial charge in [0.15, 0.2) is 0 Å². The number of rotatable bonds is 3. The maximum atomic E-state index is 13.4. The van der Waals surface area contributed by atoms with Crippen LogP contribution in [0.25, 0.3) is 0 Å². The lowest BCUT2D eigenvalue weighted by Crippen LogP contribution is -2.49. The number of likely N-dealkylation sites (tertiary alicyclic amines) is 1. The number of benzene rings is 1. The van der Waals surface area contributed by atoms with Crippen molar-refractivity contribution < 1.29 is 32.3 Å². The Kier molecular flexibility index (Phi) is 7.90. The molecular weight excluding hydrogens is 477 g/mol. The van der Waals surface area contributed by atoms with E-state index in [9.17, 15) is 27.6 Å². The molecule has 194 valence electrons. The van der Waals surface area contributed by atoms with Gasteiger partial charge in [0.1, 0.15) is 11.4 Å². The molecule has 2 unspecified atom stereocenters. The predicted octanol–water partition coefficient (Wildman–Crippen LogP) is 5.22. The maximum absolute atomic E-state index is 13.4. The Bertz CT molecular complexity index is 1120. The van der Waals surface area contributed by atoms with Crippen LogP contribution in [0.1, 0.15) is 50.8 Å². The summed E-state index contributed by atoms with van der Waals surface area (Å²) in [5.41, 5.74) is 0.586. The molecule has 0 radical (unpaired) electrons. The Morgan fingerprint density at radius 3 is 2.31 bits per heavy atom. The summed E-state index contributed by atoms with van der Waals surface area (Å²) in [6.07, 6.45) is -4.01. The maximum Gasteiger partial charge on any atom is 0.413 e. The molecule has 1 aliphatic heterocycles. The van der Waals surface area contributed by atoms with E-state index in [1.165, 1.54) is 12.3 Å². The van der Waals surface area contributed by atoms with Crippen molar-refractivity contribution in [1.82, 2.24) is 9.88 Å². The van der Waals surface area contributed by atoms with Gasteiger partial charge in [-0.2, -0.15) is 13.2 Å². The number of hydrogen-bond donors (Lipinski definition) is 2. The van der Waals surface area contributed by atoms with Gasteiger partial charge in [-0.3, -0.25) is 14.9 Å². The van der Waals surface area contributed by atoms with Gasteiger partial charge >= 0.3 is 24.1 Å². The quantitative estimate of drug-likeness (QED) is 0.556. The van der Waals surface area contributed by atoms with E-state index in [1.807, 2.05) is 0 Å². The molecule has 2 heterocycles. The first-order valence-corrected chi connectivity index (χ1v) is 11.4. The predicted molar refractivity (Wildman–Crippen MR) is 127 cm³/mol. The molecule has 3 amide bonds. The van der Waals surface area contributed by atoms with E-state index in [1.54, 1.807) is 58.0 Å². The van der Waals surface area contributed by atoms with Gasteiger partial charge in [0.2, 0.25) is 0 Å². The van der Waals surface area contributed by atoms with Crippen LogP contribution in [-0.2, 0) is 14.3 Å². The molecule has 0 saturated carbocycles. The molecule has 11 heteroatoms. The molecule has 2 N–H and O–H groups in total. The zero-order valence-electron chi connectivity index (χ0n) is 20.5. The number of aromatic nitrogens is 1. The number of carbonyl (C=O) groups excluding carboxylic acids is 3. The third-order valence-corrected chi connectivity index (χ3v) is 5.64. The summed E-state index contributed by atoms with van der Waals surface area (Å²) in [6, 6.07) is 9.50. The highest BCUT2D eigenvalue weighted by molar-refractivity contribution is 6.39. The second-order valence-corrected chi connectivity index (χ2v) is 9.67. The molecule has 36 heavy (non-hydrogen) atoms. The number of amides is 3. The number of ether oxygens (including phenoxy) is 1. The second kappa shape index (κ2) is 10.5. The lowest BCUT2D eigenvalue weighted by atomic mass is 9.88. The van der Waals surface area contributed by atoms with E-state index < -0.39 is 48.2 Å². The van der Waals surface area contributed by atoms with E-state index in [0.717, 1.165) is 4.90 Å². The largest absolute Gasteiger partial charge is 0.444 e. The Morgan fingerprint density at radius 1 is 1.06 bits per heavy atom. The smallest absolute Gasteiger partial charge is 0.413 e. The van der Waals surface area contributed by atoms with Gasteiger partial charge in [0, 0.05) is 6.54 Å². The van der Waals surface area contributed by atoms with Crippen molar-refractivity contribution in [2.45, 2.75) is 58.4 Å². The number of pyridine rings is 1. The minimum Gasteiger partial charge on any atom is -0.444 e. The highest BCUT2D eigenvalue weighted by Crippen LogP contribution is 2.40. The van der Waals surface area contributed by atoms with Gasteiger partial charge < -0.3 is 15.0 Å². The summed E-state index contributed by atoms with van der Waals surface area (Å²) in [5.74, 6) is -3.66. The van der Waals surface area contributed by atoms with Crippen molar-refractivity contribution in [2.75, 3.05) is 17.2 Å². The van der Waals surface area contributed by atoms with E-state index in [-0.39, 0.29) is 24.3 Å². The first-order chi connectivity index (χ1) is 16.7. The van der Waals surface area contributed by atoms with E-state index in [0.29, 0.717) is 11.1 Å². The number of hydrogen-bond acceptors (Lipinski definition) is 5. The number of aryl methyl sites for hydroxylation is 1. The number of halogens is 3. The number of carbonyl (C=O) groups is 3. The van der Waals surface area contributed by atoms with Crippen LogP contribution in [0, 0.1) is 12.8 Å². The van der Waals surface area contributed by atoms with Crippen molar-refractivity contribution in [1.29, 1.82) is 0 Å². The van der Waals surface area contributed by atoms with Gasteiger partial charge in [0.25, 0.3) is 0 Å². The van der Waals surface area contributed by atoms with E-state index in [2.05, 4.69) is 15.6 Å². The zero-order chi connectivity index (χ0) is 26.7. The van der Waals surface area contributed by atoms with Crippen molar-refractivity contribution in [3.63, 3.8) is 0 Å². The summed E-state index contributed by atoms with van der Waals surface area (Å²) < 4.78 is 45.5. The third kappa shape index (κ3) is 6.96. The molecule has 1 fully saturated rings. The number of anilines is 2. The van der Waals surface area contributed by atoms with Crippen molar-refractivity contribution in [3.8, 4) is 0 Å². The average Bonchev–Trinajstić information content (AvgIpc) is 2.78. The lowest BCUT2D eigenvalue weighted by Gasteiger charge is -2.40. The first kappa shape index (κ1) is 27.0. The summed E-state index contributed by atoms with van der Waals surface area (Å²) in [4.78, 5) is 42.9. The summed E-state index contributed by atoms with van der Waals surface area (Å²) in [7, 11) is 0. The van der Waals surface area contributed by atoms with Gasteiger partial charge in [-0.25, -0.2) is 9.78 Å². The summed E-state index contributed by atoms with van der Waals surface area (Å²) in [6.45, 7) is 6.16. The molecule has 1 aliphatic rings. The zero-order valence-corrected chi connectivity index (χ0v) is 20.5. The first-order valence-electron chi connectivity index (χ1n) is 11.4. The van der Waals surface area contributed by atoms with Crippen LogP contribution in [0.15, 0.2) is 42.6 Å².